The molecule has 8 rings (SSSR count). The van der Waals surface area contributed by atoms with Crippen LogP contribution in [-0.4, -0.2) is 10.2 Å². The van der Waals surface area contributed by atoms with E-state index >= 15 is 0 Å². The molecule has 3 heterocycles. The van der Waals surface area contributed by atoms with Crippen LogP contribution in [0.4, 0.5) is 0 Å². The minimum absolute atomic E-state index is 0.198. The van der Waals surface area contributed by atoms with Crippen LogP contribution in [-0.2, 0) is 0 Å². The molecule has 30 heavy (non-hydrogen) atoms. The van der Waals surface area contributed by atoms with E-state index in [4.69, 9.17) is 10.2 Å². The zero-order valence-corrected chi connectivity index (χ0v) is 17.6. The van der Waals surface area contributed by atoms with Gasteiger partial charge in [-0.05, 0) is 56.3 Å². The molecule has 0 saturated carbocycles. The molecule has 0 radical (unpaired) electrons. The normalized spacial score (nSPS) is 18.0. The Kier molecular flexibility index (Phi) is 3.45. The molecule has 142 valence electrons. The van der Waals surface area contributed by atoms with E-state index < -0.39 is 0 Å². The fraction of sp³-hybridized carbons (Fsp3) is 0.0769. The molecule has 3 aliphatic carbocycles. The van der Waals surface area contributed by atoms with Gasteiger partial charge in [0.05, 0.1) is 9.75 Å². The van der Waals surface area contributed by atoms with Gasteiger partial charge in [0.15, 0.2) is 0 Å². The highest BCUT2D eigenvalue weighted by molar-refractivity contribution is 7.13. The van der Waals surface area contributed by atoms with E-state index in [0.717, 1.165) is 11.4 Å². The van der Waals surface area contributed by atoms with Gasteiger partial charge in [-0.25, -0.2) is 0 Å². The van der Waals surface area contributed by atoms with Gasteiger partial charge in [-0.15, -0.1) is 32.9 Å². The third-order valence-electron chi connectivity index (χ3n) is 6.37. The van der Waals surface area contributed by atoms with Gasteiger partial charge in [-0.3, -0.25) is 0 Å². The van der Waals surface area contributed by atoms with Gasteiger partial charge in [-0.2, -0.15) is 0 Å². The first-order valence-corrected chi connectivity index (χ1v) is 11.8. The molecule has 0 atom stereocenters. The van der Waals surface area contributed by atoms with Crippen LogP contribution < -0.4 is 0 Å². The van der Waals surface area contributed by atoms with Crippen molar-refractivity contribution in [3.8, 4) is 21.1 Å². The molecular formula is C26H16N2S2. The van der Waals surface area contributed by atoms with Crippen LogP contribution in [0.2, 0.25) is 0 Å². The molecule has 0 N–H and O–H groups in total. The van der Waals surface area contributed by atoms with Crippen LogP contribution in [0.15, 0.2) is 83.6 Å². The summed E-state index contributed by atoms with van der Waals surface area (Å²) in [4.78, 5) is 2.39. The predicted octanol–water partition coefficient (Wildman–Crippen LogP) is 6.92. The Morgan fingerprint density at radius 1 is 0.500 bits per heavy atom. The van der Waals surface area contributed by atoms with Crippen molar-refractivity contribution in [2.75, 3.05) is 0 Å². The number of rotatable bonds is 2. The Bertz CT molecular complexity index is 1250. The quantitative estimate of drug-likeness (QED) is 0.303. The maximum atomic E-state index is 4.82. The number of hydrogen-bond donors (Lipinski definition) is 0. The van der Waals surface area contributed by atoms with E-state index in [2.05, 4.69) is 83.6 Å². The molecule has 0 fully saturated rings. The number of nitrogens with zero attached hydrogens (tertiary/aromatic N) is 2. The third kappa shape index (κ3) is 2.12. The summed E-state index contributed by atoms with van der Waals surface area (Å²) in [5.41, 5.74) is 10.4. The second-order valence-corrected chi connectivity index (χ2v) is 9.70. The molecule has 0 amide bonds. The van der Waals surface area contributed by atoms with E-state index in [-0.39, 0.29) is 11.8 Å². The Balaban J connectivity index is 1.64. The van der Waals surface area contributed by atoms with Gasteiger partial charge in [0.25, 0.3) is 0 Å². The molecule has 4 heteroatoms. The molecule has 3 aromatic heterocycles. The molecule has 0 unspecified atom stereocenters. The second-order valence-electron chi connectivity index (χ2n) is 7.80. The van der Waals surface area contributed by atoms with Crippen LogP contribution >= 0.6 is 22.7 Å². The molecule has 3 aliphatic rings. The number of aromatic nitrogens is 2. The van der Waals surface area contributed by atoms with Crippen molar-refractivity contribution in [2.45, 2.75) is 11.8 Å². The minimum Gasteiger partial charge on any atom is -0.149 e. The average Bonchev–Trinajstić information content (AvgIpc) is 3.52. The Morgan fingerprint density at radius 2 is 0.900 bits per heavy atom. The van der Waals surface area contributed by atoms with E-state index in [1.165, 1.54) is 43.1 Å². The van der Waals surface area contributed by atoms with Gasteiger partial charge in [0, 0.05) is 11.8 Å². The first-order valence-electron chi connectivity index (χ1n) is 10.1. The van der Waals surface area contributed by atoms with Gasteiger partial charge < -0.3 is 0 Å². The van der Waals surface area contributed by atoms with Gasteiger partial charge >= 0.3 is 0 Å². The van der Waals surface area contributed by atoms with E-state index in [0.29, 0.717) is 0 Å². The summed E-state index contributed by atoms with van der Waals surface area (Å²) in [7, 11) is 0. The topological polar surface area (TPSA) is 25.8 Å². The summed E-state index contributed by atoms with van der Waals surface area (Å²) in [6.45, 7) is 0. The third-order valence-corrected chi connectivity index (χ3v) is 8.13. The fourth-order valence-electron chi connectivity index (χ4n) is 5.27. The smallest absolute Gasteiger partial charge is 0.107 e. The monoisotopic (exact) mass is 420 g/mol. The molecule has 2 nitrogen and oxygen atoms in total. The summed E-state index contributed by atoms with van der Waals surface area (Å²) < 4.78 is 0. The van der Waals surface area contributed by atoms with Gasteiger partial charge in [0.2, 0.25) is 0 Å². The van der Waals surface area contributed by atoms with Crippen LogP contribution in [0.1, 0.15) is 45.2 Å². The highest BCUT2D eigenvalue weighted by Crippen LogP contribution is 2.59. The van der Waals surface area contributed by atoms with Crippen molar-refractivity contribution in [2.24, 2.45) is 0 Å². The highest BCUT2D eigenvalue weighted by Gasteiger charge is 2.45. The molecule has 2 aromatic carbocycles. The van der Waals surface area contributed by atoms with Crippen molar-refractivity contribution < 1.29 is 0 Å². The summed E-state index contributed by atoms with van der Waals surface area (Å²) in [5.74, 6) is 0.396. The standard InChI is InChI=1S/C26H16N2S2/c1-2-8-16-15(7-1)21-17-9-3-4-10-18(17)22(16)24-23(21)25(19-11-5-13-29-19)27-28-26(24)20-12-6-14-30-20/h1-14,21-22H. The summed E-state index contributed by atoms with van der Waals surface area (Å²) in [5, 5.41) is 13.9. The van der Waals surface area contributed by atoms with Crippen LogP contribution in [0.3, 0.4) is 0 Å². The lowest BCUT2D eigenvalue weighted by Crippen LogP contribution is -2.29. The second kappa shape index (κ2) is 6.21. The zero-order chi connectivity index (χ0) is 19.7. The zero-order valence-electron chi connectivity index (χ0n) is 15.9. The summed E-state index contributed by atoms with van der Waals surface area (Å²) >= 11 is 3.48. The van der Waals surface area contributed by atoms with E-state index in [1.807, 2.05) is 0 Å². The summed E-state index contributed by atoms with van der Waals surface area (Å²) in [6, 6.07) is 26.4. The van der Waals surface area contributed by atoms with Gasteiger partial charge in [0.1, 0.15) is 11.4 Å². The lowest BCUT2D eigenvalue weighted by molar-refractivity contribution is 0.741. The van der Waals surface area contributed by atoms with Crippen molar-refractivity contribution in [3.05, 3.63) is 117 Å². The fourth-order valence-corrected chi connectivity index (χ4v) is 6.71. The molecule has 2 bridgehead atoms. The predicted molar refractivity (Wildman–Crippen MR) is 123 cm³/mol. The minimum atomic E-state index is 0.198. The Labute approximate surface area is 182 Å². The van der Waals surface area contributed by atoms with Crippen molar-refractivity contribution >= 4 is 22.7 Å². The first-order chi connectivity index (χ1) is 14.9. The highest BCUT2D eigenvalue weighted by atomic mass is 32.1. The van der Waals surface area contributed by atoms with Gasteiger partial charge in [-0.1, -0.05) is 60.7 Å². The lowest BCUT2D eigenvalue weighted by atomic mass is 9.60. The average molecular weight is 421 g/mol. The van der Waals surface area contributed by atoms with Crippen LogP contribution in [0, 0.1) is 0 Å². The molecular weight excluding hydrogens is 404 g/mol. The number of benzene rings is 2. The first kappa shape index (κ1) is 16.7. The Morgan fingerprint density at radius 3 is 1.23 bits per heavy atom. The largest absolute Gasteiger partial charge is 0.149 e. The van der Waals surface area contributed by atoms with Crippen LogP contribution in [0.5, 0.6) is 0 Å². The SMILES string of the molecule is c1csc(-c2nnc(-c3cccs3)c3c2C2c4ccccc4C3c3ccccc32)c1. The number of thiophene rings is 2. The van der Waals surface area contributed by atoms with E-state index in [9.17, 15) is 0 Å². The van der Waals surface area contributed by atoms with E-state index in [1.54, 1.807) is 22.7 Å². The molecule has 5 aromatic rings. The lowest BCUT2D eigenvalue weighted by Gasteiger charge is -2.43. The molecule has 0 saturated heterocycles. The van der Waals surface area contributed by atoms with Crippen molar-refractivity contribution in [1.29, 1.82) is 0 Å². The van der Waals surface area contributed by atoms with Crippen molar-refractivity contribution in [1.82, 2.24) is 10.2 Å². The van der Waals surface area contributed by atoms with Crippen molar-refractivity contribution in [3.63, 3.8) is 0 Å². The Hall–Kier alpha value is -3.08. The molecule has 0 spiro atoms. The number of hydrogen-bond acceptors (Lipinski definition) is 4. The maximum Gasteiger partial charge on any atom is 0.107 e. The maximum absolute atomic E-state index is 4.82. The summed E-state index contributed by atoms with van der Waals surface area (Å²) in [6.07, 6.45) is 0. The van der Waals surface area contributed by atoms with Crippen LogP contribution in [0.25, 0.3) is 21.1 Å². The molecule has 0 aliphatic heterocycles.